The molecule has 2 aromatic carbocycles. The molecule has 0 atom stereocenters. The summed E-state index contributed by atoms with van der Waals surface area (Å²) in [7, 11) is -0.320. The Morgan fingerprint density at radius 1 is 0.926 bits per heavy atom. The maximum atomic E-state index is 13.9. The lowest BCUT2D eigenvalue weighted by Gasteiger charge is -2.38. The maximum absolute atomic E-state index is 13.9. The van der Waals surface area contributed by atoms with Gasteiger partial charge in [-0.3, -0.25) is 29.2 Å². The van der Waals surface area contributed by atoms with Crippen molar-refractivity contribution in [3.8, 4) is 0 Å². The van der Waals surface area contributed by atoms with Crippen molar-refractivity contribution >= 4 is 56.6 Å². The Bertz CT molecular complexity index is 2080. The SMILES string of the molecule is CN(Cc1ccc(N2CCC(=O)NC2=O)cc1)C1CCN(c2ccc(Nc3ncc(C(F)(F)F)c(NCc4nccnc4N(C)S(C)(=O)=O)n3)cc2)CC1. The van der Waals surface area contributed by atoms with Crippen LogP contribution in [0.25, 0.3) is 0 Å². The molecule has 2 aromatic heterocycles. The number of urea groups is 1. The number of rotatable bonds is 12. The second kappa shape index (κ2) is 15.8. The van der Waals surface area contributed by atoms with Gasteiger partial charge in [-0.15, -0.1) is 0 Å². The molecule has 0 unspecified atom stereocenters. The van der Waals surface area contributed by atoms with E-state index in [1.807, 2.05) is 48.5 Å². The van der Waals surface area contributed by atoms with E-state index in [0.717, 1.165) is 60.0 Å². The highest BCUT2D eigenvalue weighted by Gasteiger charge is 2.35. The van der Waals surface area contributed by atoms with Gasteiger partial charge in [-0.25, -0.2) is 23.2 Å². The summed E-state index contributed by atoms with van der Waals surface area (Å²) in [5, 5.41) is 7.94. The summed E-state index contributed by atoms with van der Waals surface area (Å²) in [5.74, 6) is -0.871. The van der Waals surface area contributed by atoms with Crippen molar-refractivity contribution in [2.75, 3.05) is 64.7 Å². The van der Waals surface area contributed by atoms with Crippen molar-refractivity contribution in [1.82, 2.24) is 30.2 Å². The highest BCUT2D eigenvalue weighted by atomic mass is 32.2. The van der Waals surface area contributed by atoms with Crippen LogP contribution in [0.3, 0.4) is 0 Å². The normalized spacial score (nSPS) is 15.7. The summed E-state index contributed by atoms with van der Waals surface area (Å²) in [6, 6.07) is 15.3. The molecule has 3 amide bonds. The van der Waals surface area contributed by atoms with Gasteiger partial charge in [-0.1, -0.05) is 12.1 Å². The van der Waals surface area contributed by atoms with E-state index in [2.05, 4.69) is 52.7 Å². The number of nitrogens with one attached hydrogen (secondary N) is 3. The number of amides is 3. The van der Waals surface area contributed by atoms with Gasteiger partial charge in [0.15, 0.2) is 5.82 Å². The van der Waals surface area contributed by atoms with Gasteiger partial charge in [0.05, 0.1) is 12.8 Å². The number of halogens is 3. The fourth-order valence-electron chi connectivity index (χ4n) is 6.31. The Labute approximate surface area is 310 Å². The smallest absolute Gasteiger partial charge is 0.371 e. The average molecular weight is 768 g/mol. The lowest BCUT2D eigenvalue weighted by Crippen LogP contribution is -2.49. The number of alkyl halides is 3. The van der Waals surface area contributed by atoms with Crippen molar-refractivity contribution < 1.29 is 31.2 Å². The molecular weight excluding hydrogens is 728 g/mol. The molecule has 54 heavy (non-hydrogen) atoms. The van der Waals surface area contributed by atoms with Crippen molar-refractivity contribution in [2.45, 2.75) is 44.6 Å². The van der Waals surface area contributed by atoms with Crippen LogP contribution in [0.5, 0.6) is 0 Å². The molecule has 4 heterocycles. The average Bonchev–Trinajstić information content (AvgIpc) is 3.14. The van der Waals surface area contributed by atoms with Crippen molar-refractivity contribution in [1.29, 1.82) is 0 Å². The zero-order valence-corrected chi connectivity index (χ0v) is 30.7. The molecule has 3 N–H and O–H groups in total. The van der Waals surface area contributed by atoms with Crippen LogP contribution in [0.1, 0.15) is 36.1 Å². The van der Waals surface area contributed by atoms with Crippen LogP contribution >= 0.6 is 0 Å². The number of aromatic nitrogens is 4. The highest BCUT2D eigenvalue weighted by molar-refractivity contribution is 7.92. The third-order valence-corrected chi connectivity index (χ3v) is 10.5. The molecule has 4 aromatic rings. The molecule has 2 saturated heterocycles. The molecule has 0 saturated carbocycles. The standard InChI is InChI=1S/C35H40F3N11O4S/c1-46(22-23-4-8-27(9-5-23)49-19-14-30(50)44-34(49)51)25-12-17-48(18-13-25)26-10-6-24(7-11-26)43-33-42-20-28(35(36,37)38)31(45-33)41-21-29-32(40-16-15-39-29)47(2)54(3,52)53/h4-11,15-16,20,25H,12-14,17-19,21-22H2,1-3H3,(H,44,50,51)(H2,41,42,43,45). The Morgan fingerprint density at radius 2 is 1.59 bits per heavy atom. The van der Waals surface area contributed by atoms with Crippen molar-refractivity contribution in [2.24, 2.45) is 0 Å². The van der Waals surface area contributed by atoms with E-state index in [4.69, 9.17) is 0 Å². The van der Waals surface area contributed by atoms with Crippen LogP contribution in [0.2, 0.25) is 0 Å². The second-order valence-electron chi connectivity index (χ2n) is 13.1. The summed E-state index contributed by atoms with van der Waals surface area (Å²) in [4.78, 5) is 46.0. The molecule has 2 aliphatic heterocycles. The molecule has 0 bridgehead atoms. The van der Waals surface area contributed by atoms with Gasteiger partial charge in [-0.05, 0) is 61.9 Å². The number of sulfonamides is 1. The molecular formula is C35H40F3N11O4S. The Morgan fingerprint density at radius 3 is 2.24 bits per heavy atom. The van der Waals surface area contributed by atoms with E-state index in [1.165, 1.54) is 19.4 Å². The maximum Gasteiger partial charge on any atom is 0.421 e. The van der Waals surface area contributed by atoms with Gasteiger partial charge >= 0.3 is 12.2 Å². The molecule has 2 aliphatic rings. The lowest BCUT2D eigenvalue weighted by atomic mass is 10.0. The summed E-state index contributed by atoms with van der Waals surface area (Å²) >= 11 is 0. The second-order valence-corrected chi connectivity index (χ2v) is 15.1. The third-order valence-electron chi connectivity index (χ3n) is 9.38. The van der Waals surface area contributed by atoms with Crippen molar-refractivity contribution in [3.63, 3.8) is 0 Å². The number of hydrogen-bond acceptors (Lipinski definition) is 12. The minimum Gasteiger partial charge on any atom is -0.371 e. The quantitative estimate of drug-likeness (QED) is 0.184. The molecule has 0 spiro atoms. The van der Waals surface area contributed by atoms with Crippen LogP contribution in [0.4, 0.5) is 52.6 Å². The van der Waals surface area contributed by atoms with Gasteiger partial charge in [0.1, 0.15) is 17.1 Å². The Balaban J connectivity index is 1.04. The molecule has 0 radical (unpaired) electrons. The Hall–Kier alpha value is -5.56. The molecule has 0 aliphatic carbocycles. The number of hydrogen-bond donors (Lipinski definition) is 3. The monoisotopic (exact) mass is 767 g/mol. The zero-order chi connectivity index (χ0) is 38.6. The summed E-state index contributed by atoms with van der Waals surface area (Å²) in [6.45, 7) is 2.50. The highest BCUT2D eigenvalue weighted by Crippen LogP contribution is 2.35. The van der Waals surface area contributed by atoms with E-state index in [9.17, 15) is 31.2 Å². The minimum atomic E-state index is -4.76. The Kier molecular flexibility index (Phi) is 11.2. The fourth-order valence-corrected chi connectivity index (χ4v) is 6.78. The van der Waals surface area contributed by atoms with Gasteiger partial charge in [0.2, 0.25) is 21.9 Å². The number of imide groups is 1. The number of carbonyl (C=O) groups is 2. The molecule has 286 valence electrons. The summed E-state index contributed by atoms with van der Waals surface area (Å²) < 4.78 is 66.7. The van der Waals surface area contributed by atoms with E-state index in [0.29, 0.717) is 24.5 Å². The molecule has 19 heteroatoms. The topological polar surface area (TPSA) is 169 Å². The number of benzene rings is 2. The predicted octanol–water partition coefficient (Wildman–Crippen LogP) is 4.58. The van der Waals surface area contributed by atoms with Gasteiger partial charge < -0.3 is 15.5 Å². The van der Waals surface area contributed by atoms with E-state index in [1.54, 1.807) is 4.90 Å². The van der Waals surface area contributed by atoms with E-state index >= 15 is 0 Å². The number of carbonyl (C=O) groups excluding carboxylic acids is 2. The largest absolute Gasteiger partial charge is 0.421 e. The van der Waals surface area contributed by atoms with Crippen molar-refractivity contribution in [3.05, 3.63) is 83.9 Å². The van der Waals surface area contributed by atoms with Crippen LogP contribution in [-0.4, -0.2) is 91.2 Å². The van der Waals surface area contributed by atoms with Crippen LogP contribution in [0, 0.1) is 0 Å². The lowest BCUT2D eigenvalue weighted by molar-refractivity contribution is -0.137. The minimum absolute atomic E-state index is 0.0286. The van der Waals surface area contributed by atoms with Gasteiger partial charge in [0.25, 0.3) is 0 Å². The first-order chi connectivity index (χ1) is 25.7. The predicted molar refractivity (Wildman–Crippen MR) is 198 cm³/mol. The fraction of sp³-hybridized carbons (Fsp3) is 0.371. The van der Waals surface area contributed by atoms with E-state index in [-0.39, 0.29) is 36.3 Å². The number of anilines is 6. The molecule has 15 nitrogen and oxygen atoms in total. The first-order valence-electron chi connectivity index (χ1n) is 17.1. The number of nitrogens with zero attached hydrogens (tertiary/aromatic N) is 8. The van der Waals surface area contributed by atoms with Crippen LogP contribution in [0.15, 0.2) is 67.1 Å². The molecule has 6 rings (SSSR count). The van der Waals surface area contributed by atoms with Gasteiger partial charge in [0, 0.05) is 81.3 Å². The first-order valence-corrected chi connectivity index (χ1v) is 18.9. The van der Waals surface area contributed by atoms with E-state index < -0.39 is 33.6 Å². The van der Waals surface area contributed by atoms with Crippen LogP contribution < -0.4 is 30.1 Å². The van der Waals surface area contributed by atoms with Crippen LogP contribution in [-0.2, 0) is 34.1 Å². The third kappa shape index (κ3) is 9.14. The van der Waals surface area contributed by atoms with Gasteiger partial charge in [-0.2, -0.15) is 18.2 Å². The molecule has 2 fully saturated rings. The zero-order valence-electron chi connectivity index (χ0n) is 29.8. The summed E-state index contributed by atoms with van der Waals surface area (Å²) in [5.41, 5.74) is 2.47. The summed E-state index contributed by atoms with van der Waals surface area (Å²) in [6.07, 6.45) is 1.68. The first kappa shape index (κ1) is 38.2. The number of piperidine rings is 1.